The van der Waals surface area contributed by atoms with E-state index < -0.39 is 6.04 Å². The molecule has 1 heterocycles. The maximum absolute atomic E-state index is 12.8. The summed E-state index contributed by atoms with van der Waals surface area (Å²) in [5.41, 5.74) is 8.19. The van der Waals surface area contributed by atoms with E-state index in [4.69, 9.17) is 5.73 Å². The van der Waals surface area contributed by atoms with Gasteiger partial charge in [-0.1, -0.05) is 29.8 Å². The summed E-state index contributed by atoms with van der Waals surface area (Å²) < 4.78 is 0. The average Bonchev–Trinajstić information content (AvgIpc) is 2.88. The van der Waals surface area contributed by atoms with E-state index in [1.165, 1.54) is 0 Å². The molecule has 1 unspecified atom stereocenters. The Morgan fingerprint density at radius 2 is 1.73 bits per heavy atom. The number of nitrogens with two attached hydrogens (primary N) is 1. The van der Waals surface area contributed by atoms with Crippen LogP contribution in [0.25, 0.3) is 0 Å². The first-order valence-electron chi connectivity index (χ1n) is 9.57. The largest absolute Gasteiger partial charge is 0.342 e. The number of carbonyl (C=O) groups is 2. The quantitative estimate of drug-likeness (QED) is 0.832. The summed E-state index contributed by atoms with van der Waals surface area (Å²) >= 11 is 0. The lowest BCUT2D eigenvalue weighted by atomic mass is 10.0. The minimum Gasteiger partial charge on any atom is -0.342 e. The molecule has 0 saturated carbocycles. The number of amides is 2. The van der Waals surface area contributed by atoms with E-state index in [1.54, 1.807) is 0 Å². The van der Waals surface area contributed by atoms with Crippen LogP contribution < -0.4 is 5.73 Å². The van der Waals surface area contributed by atoms with Crippen LogP contribution in [-0.4, -0.2) is 72.3 Å². The lowest BCUT2D eigenvalue weighted by Gasteiger charge is -2.26. The van der Waals surface area contributed by atoms with Crippen LogP contribution in [0.15, 0.2) is 24.3 Å². The number of benzene rings is 1. The van der Waals surface area contributed by atoms with Gasteiger partial charge in [0.15, 0.2) is 0 Å². The van der Waals surface area contributed by atoms with Gasteiger partial charge in [-0.15, -0.1) is 0 Å². The average molecular weight is 361 g/mol. The molecule has 0 aromatic heterocycles. The lowest BCUT2D eigenvalue weighted by molar-refractivity contribution is -0.132. The third-order valence-corrected chi connectivity index (χ3v) is 5.08. The second-order valence-electron chi connectivity index (χ2n) is 6.91. The molecule has 6 nitrogen and oxygen atoms in total. The van der Waals surface area contributed by atoms with Crippen molar-refractivity contribution in [1.29, 1.82) is 0 Å². The number of hydrogen-bond acceptors (Lipinski definition) is 4. The van der Waals surface area contributed by atoms with Gasteiger partial charge in [0.1, 0.15) is 6.04 Å². The van der Waals surface area contributed by atoms with E-state index in [2.05, 4.69) is 4.90 Å². The zero-order chi connectivity index (χ0) is 19.1. The monoisotopic (exact) mass is 360 g/mol. The Morgan fingerprint density at radius 3 is 2.35 bits per heavy atom. The number of aryl methyl sites for hydroxylation is 1. The Hall–Kier alpha value is -1.92. The molecule has 2 amide bonds. The summed E-state index contributed by atoms with van der Waals surface area (Å²) in [5.74, 6) is 0.122. The third-order valence-electron chi connectivity index (χ3n) is 5.08. The van der Waals surface area contributed by atoms with Crippen LogP contribution in [-0.2, 0) is 9.59 Å². The molecule has 0 aliphatic carbocycles. The van der Waals surface area contributed by atoms with Crippen LogP contribution >= 0.6 is 0 Å². The molecule has 2 rings (SSSR count). The number of likely N-dealkylation sites (N-methyl/N-ethyl adjacent to an activating group) is 1. The van der Waals surface area contributed by atoms with E-state index >= 15 is 0 Å². The van der Waals surface area contributed by atoms with Crippen LogP contribution in [0, 0.1) is 6.92 Å². The number of rotatable bonds is 6. The fraction of sp³-hybridized carbons (Fsp3) is 0.600. The van der Waals surface area contributed by atoms with E-state index in [0.29, 0.717) is 26.2 Å². The normalized spacial score (nSPS) is 16.8. The topological polar surface area (TPSA) is 69.9 Å². The first kappa shape index (κ1) is 20.4. The Kier molecular flexibility index (Phi) is 7.60. The molecule has 0 bridgehead atoms. The van der Waals surface area contributed by atoms with Crippen molar-refractivity contribution in [1.82, 2.24) is 14.7 Å². The van der Waals surface area contributed by atoms with Gasteiger partial charge < -0.3 is 15.5 Å². The Labute approximate surface area is 156 Å². The molecule has 1 aromatic carbocycles. The second kappa shape index (κ2) is 9.69. The summed E-state index contributed by atoms with van der Waals surface area (Å²) in [4.78, 5) is 30.9. The van der Waals surface area contributed by atoms with Crippen LogP contribution in [0.5, 0.6) is 0 Å². The van der Waals surface area contributed by atoms with E-state index in [9.17, 15) is 9.59 Å². The predicted octanol–water partition coefficient (Wildman–Crippen LogP) is 1.40. The van der Waals surface area contributed by atoms with Crippen LogP contribution in [0.2, 0.25) is 0 Å². The van der Waals surface area contributed by atoms with Gasteiger partial charge in [0.2, 0.25) is 11.8 Å². The third kappa shape index (κ3) is 5.29. The maximum atomic E-state index is 12.8. The van der Waals surface area contributed by atoms with Crippen molar-refractivity contribution >= 4 is 11.8 Å². The van der Waals surface area contributed by atoms with Crippen molar-refractivity contribution in [2.75, 3.05) is 45.8 Å². The van der Waals surface area contributed by atoms with E-state index in [-0.39, 0.29) is 11.8 Å². The first-order chi connectivity index (χ1) is 12.5. The molecular weight excluding hydrogens is 328 g/mol. The molecular formula is C20H32N4O2. The summed E-state index contributed by atoms with van der Waals surface area (Å²) in [7, 11) is 0. The lowest BCUT2D eigenvalue weighted by Crippen LogP contribution is -2.43. The zero-order valence-electron chi connectivity index (χ0n) is 16.3. The molecule has 1 saturated heterocycles. The Bertz CT molecular complexity index is 598. The minimum atomic E-state index is -0.626. The van der Waals surface area contributed by atoms with Gasteiger partial charge in [-0.05, 0) is 32.8 Å². The molecule has 1 aliphatic rings. The zero-order valence-corrected chi connectivity index (χ0v) is 16.3. The molecule has 1 fully saturated rings. The highest BCUT2D eigenvalue weighted by Crippen LogP contribution is 2.16. The fourth-order valence-corrected chi connectivity index (χ4v) is 3.33. The molecule has 0 spiro atoms. The number of carbonyl (C=O) groups excluding carboxylic acids is 2. The summed E-state index contributed by atoms with van der Waals surface area (Å²) in [6.45, 7) is 10.7. The van der Waals surface area contributed by atoms with Gasteiger partial charge in [-0.2, -0.15) is 0 Å². The van der Waals surface area contributed by atoms with E-state index in [1.807, 2.05) is 54.8 Å². The molecule has 1 atom stereocenters. The van der Waals surface area contributed by atoms with Gasteiger partial charge in [0.25, 0.3) is 0 Å². The van der Waals surface area contributed by atoms with Crippen molar-refractivity contribution in [2.24, 2.45) is 5.73 Å². The summed E-state index contributed by atoms with van der Waals surface area (Å²) in [5, 5.41) is 0. The van der Waals surface area contributed by atoms with Gasteiger partial charge in [0, 0.05) is 39.3 Å². The SMILES string of the molecule is CCN(CC)C(=O)CN1CCCN(C(=O)C(N)c2ccc(C)cc2)CC1. The number of hydrogen-bond donors (Lipinski definition) is 1. The summed E-state index contributed by atoms with van der Waals surface area (Å²) in [6, 6.07) is 7.17. The van der Waals surface area contributed by atoms with Crippen molar-refractivity contribution in [3.8, 4) is 0 Å². The van der Waals surface area contributed by atoms with Crippen LogP contribution in [0.1, 0.15) is 37.4 Å². The number of nitrogens with zero attached hydrogens (tertiary/aromatic N) is 3. The Morgan fingerprint density at radius 1 is 1.08 bits per heavy atom. The molecule has 26 heavy (non-hydrogen) atoms. The fourth-order valence-electron chi connectivity index (χ4n) is 3.33. The smallest absolute Gasteiger partial charge is 0.244 e. The van der Waals surface area contributed by atoms with Crippen molar-refractivity contribution in [3.63, 3.8) is 0 Å². The molecule has 1 aliphatic heterocycles. The molecule has 0 radical (unpaired) electrons. The van der Waals surface area contributed by atoms with Crippen LogP contribution in [0.4, 0.5) is 0 Å². The molecule has 6 heteroatoms. The molecule has 144 valence electrons. The highest BCUT2D eigenvalue weighted by atomic mass is 16.2. The van der Waals surface area contributed by atoms with Crippen molar-refractivity contribution in [3.05, 3.63) is 35.4 Å². The molecule has 2 N–H and O–H groups in total. The first-order valence-corrected chi connectivity index (χ1v) is 9.57. The summed E-state index contributed by atoms with van der Waals surface area (Å²) in [6.07, 6.45) is 0.859. The predicted molar refractivity (Wildman–Crippen MR) is 104 cm³/mol. The van der Waals surface area contributed by atoms with E-state index in [0.717, 1.165) is 37.2 Å². The highest BCUT2D eigenvalue weighted by molar-refractivity contribution is 5.83. The minimum absolute atomic E-state index is 0.0363. The van der Waals surface area contributed by atoms with Gasteiger partial charge in [-0.3, -0.25) is 14.5 Å². The van der Waals surface area contributed by atoms with Crippen molar-refractivity contribution in [2.45, 2.75) is 33.2 Å². The standard InChI is InChI=1S/C20H32N4O2/c1-4-23(5-2)18(25)15-22-11-6-12-24(14-13-22)20(26)19(21)17-9-7-16(3)8-10-17/h7-10,19H,4-6,11-15,21H2,1-3H3. The van der Waals surface area contributed by atoms with Gasteiger partial charge in [-0.25, -0.2) is 0 Å². The van der Waals surface area contributed by atoms with Gasteiger partial charge >= 0.3 is 0 Å². The van der Waals surface area contributed by atoms with Gasteiger partial charge in [0.05, 0.1) is 6.54 Å². The second-order valence-corrected chi connectivity index (χ2v) is 6.91. The van der Waals surface area contributed by atoms with Crippen molar-refractivity contribution < 1.29 is 9.59 Å². The van der Waals surface area contributed by atoms with Crippen LogP contribution in [0.3, 0.4) is 0 Å². The maximum Gasteiger partial charge on any atom is 0.244 e. The highest BCUT2D eigenvalue weighted by Gasteiger charge is 2.25. The Balaban J connectivity index is 1.91. The molecule has 1 aromatic rings.